The summed E-state index contributed by atoms with van der Waals surface area (Å²) in [5.41, 5.74) is -0.316. The highest BCUT2D eigenvalue weighted by Crippen LogP contribution is 2.43. The molecule has 0 bridgehead atoms. The Kier molecular flexibility index (Phi) is 4.63. The van der Waals surface area contributed by atoms with Crippen LogP contribution in [0.1, 0.15) is 21.3 Å². The van der Waals surface area contributed by atoms with Crippen LogP contribution >= 0.6 is 11.3 Å². The number of amides is 1. The average Bonchev–Trinajstić information content (AvgIpc) is 3.32. The van der Waals surface area contributed by atoms with Crippen LogP contribution in [0.25, 0.3) is 0 Å². The molecule has 146 valence electrons. The minimum atomic E-state index is -1.20. The zero-order chi connectivity index (χ0) is 20.7. The summed E-state index contributed by atoms with van der Waals surface area (Å²) in [7, 11) is 0. The molecule has 1 aromatic heterocycles. The number of anilines is 1. The van der Waals surface area contributed by atoms with Gasteiger partial charge in [-0.05, 0) is 41.3 Å². The number of thiophene rings is 1. The van der Waals surface area contributed by atoms with Gasteiger partial charge in [0.05, 0.1) is 22.2 Å². The van der Waals surface area contributed by atoms with Gasteiger partial charge in [0.15, 0.2) is 5.76 Å². The Labute approximate surface area is 167 Å². The molecule has 0 radical (unpaired) electrons. The first kappa shape index (κ1) is 18.8. The van der Waals surface area contributed by atoms with Gasteiger partial charge in [-0.1, -0.05) is 18.2 Å². The Morgan fingerprint density at radius 3 is 2.41 bits per heavy atom. The fourth-order valence-corrected chi connectivity index (χ4v) is 3.95. The van der Waals surface area contributed by atoms with E-state index >= 15 is 0 Å². The van der Waals surface area contributed by atoms with Gasteiger partial charge in [0.25, 0.3) is 5.91 Å². The summed E-state index contributed by atoms with van der Waals surface area (Å²) in [6.45, 7) is 0. The third-order valence-electron chi connectivity index (χ3n) is 4.57. The van der Waals surface area contributed by atoms with Gasteiger partial charge < -0.3 is 10.2 Å². The van der Waals surface area contributed by atoms with Gasteiger partial charge in [-0.15, -0.1) is 11.3 Å². The van der Waals surface area contributed by atoms with Crippen LogP contribution in [0.4, 0.5) is 14.5 Å². The molecular formula is C21H13F2NO4S. The van der Waals surface area contributed by atoms with E-state index in [-0.39, 0.29) is 16.2 Å². The lowest BCUT2D eigenvalue weighted by molar-refractivity contribution is -0.117. The first-order chi connectivity index (χ1) is 13.9. The molecule has 2 aromatic carbocycles. The zero-order valence-corrected chi connectivity index (χ0v) is 15.5. The van der Waals surface area contributed by atoms with Crippen LogP contribution in [0.2, 0.25) is 0 Å². The number of aliphatic hydroxyl groups is 1. The van der Waals surface area contributed by atoms with Crippen molar-refractivity contribution in [2.24, 2.45) is 0 Å². The lowest BCUT2D eigenvalue weighted by atomic mass is 9.95. The second kappa shape index (κ2) is 7.14. The number of ketones is 1. The number of Topliss-reactive ketones (excluding diaryl/α,β-unsaturated/α-hetero) is 1. The van der Waals surface area contributed by atoms with E-state index in [1.165, 1.54) is 30.3 Å². The van der Waals surface area contributed by atoms with Crippen molar-refractivity contribution < 1.29 is 28.6 Å². The number of aliphatic hydroxyl groups excluding tert-OH is 1. The highest BCUT2D eigenvalue weighted by Gasteiger charge is 2.45. The monoisotopic (exact) mass is 413 g/mol. The molecule has 2 heterocycles. The van der Waals surface area contributed by atoms with Crippen molar-refractivity contribution in [3.05, 3.63) is 93.4 Å². The maximum Gasteiger partial charge on any atom is 0.294 e. The molecule has 0 spiro atoms. The third kappa shape index (κ3) is 3.17. The molecule has 1 aliphatic rings. The number of carbonyl (C=O) groups excluding carboxylic acids is 2. The number of hydrogen-bond acceptors (Lipinski definition) is 5. The molecule has 0 aliphatic carbocycles. The van der Waals surface area contributed by atoms with Crippen LogP contribution in [-0.4, -0.2) is 21.9 Å². The van der Waals surface area contributed by atoms with Crippen molar-refractivity contribution in [3.63, 3.8) is 0 Å². The summed E-state index contributed by atoms with van der Waals surface area (Å²) in [6.07, 6.45) is 0. The van der Waals surface area contributed by atoms with Crippen LogP contribution < -0.4 is 4.90 Å². The second-order valence-corrected chi connectivity index (χ2v) is 7.28. The van der Waals surface area contributed by atoms with Gasteiger partial charge in [-0.2, -0.15) is 0 Å². The number of hydrogen-bond donors (Lipinski definition) is 2. The summed E-state index contributed by atoms with van der Waals surface area (Å²) in [5.74, 6) is -4.17. The van der Waals surface area contributed by atoms with E-state index in [2.05, 4.69) is 0 Å². The SMILES string of the molecule is O=C(C1=C(O)C(=O)N(c2cc(F)ccc2F)C1c1ccc(O)cc1)c1cccs1. The highest BCUT2D eigenvalue weighted by atomic mass is 32.1. The predicted molar refractivity (Wildman–Crippen MR) is 103 cm³/mol. The van der Waals surface area contributed by atoms with E-state index in [1.807, 2.05) is 0 Å². The molecule has 4 rings (SSSR count). The van der Waals surface area contributed by atoms with E-state index in [1.54, 1.807) is 11.4 Å². The standard InChI is InChI=1S/C21H13F2NO4S/c22-12-5-8-14(23)15(10-12)24-18(11-3-6-13(25)7-4-11)17(20(27)21(24)28)19(26)16-2-1-9-29-16/h1-10,18,25,27H. The topological polar surface area (TPSA) is 77.8 Å². The fourth-order valence-electron chi connectivity index (χ4n) is 3.27. The number of carbonyl (C=O) groups is 2. The van der Waals surface area contributed by atoms with E-state index in [0.717, 1.165) is 34.4 Å². The summed E-state index contributed by atoms with van der Waals surface area (Å²) in [4.78, 5) is 27.0. The van der Waals surface area contributed by atoms with Crippen LogP contribution in [-0.2, 0) is 4.79 Å². The van der Waals surface area contributed by atoms with Crippen LogP contribution in [0.3, 0.4) is 0 Å². The minimum Gasteiger partial charge on any atom is -0.508 e. The maximum atomic E-state index is 14.5. The first-order valence-electron chi connectivity index (χ1n) is 8.47. The predicted octanol–water partition coefficient (Wildman–Crippen LogP) is 4.51. The number of aromatic hydroxyl groups is 1. The molecule has 1 unspecified atom stereocenters. The maximum absolute atomic E-state index is 14.5. The molecule has 5 nitrogen and oxygen atoms in total. The largest absolute Gasteiger partial charge is 0.508 e. The Bertz CT molecular complexity index is 1140. The number of phenols is 1. The smallest absolute Gasteiger partial charge is 0.294 e. The van der Waals surface area contributed by atoms with Gasteiger partial charge in [0.1, 0.15) is 17.4 Å². The Morgan fingerprint density at radius 1 is 1.03 bits per heavy atom. The van der Waals surface area contributed by atoms with Crippen molar-refractivity contribution in [2.45, 2.75) is 6.04 Å². The normalized spacial score (nSPS) is 16.6. The van der Waals surface area contributed by atoms with Gasteiger partial charge in [-0.25, -0.2) is 8.78 Å². The molecule has 29 heavy (non-hydrogen) atoms. The van der Waals surface area contributed by atoms with E-state index in [9.17, 15) is 28.6 Å². The number of benzene rings is 2. The lowest BCUT2D eigenvalue weighted by Gasteiger charge is -2.27. The van der Waals surface area contributed by atoms with Crippen molar-refractivity contribution in [1.29, 1.82) is 0 Å². The highest BCUT2D eigenvalue weighted by molar-refractivity contribution is 7.12. The molecule has 0 saturated carbocycles. The van der Waals surface area contributed by atoms with E-state index in [4.69, 9.17) is 0 Å². The molecule has 2 N–H and O–H groups in total. The van der Waals surface area contributed by atoms with Crippen molar-refractivity contribution in [3.8, 4) is 5.75 Å². The summed E-state index contributed by atoms with van der Waals surface area (Å²) < 4.78 is 28.3. The van der Waals surface area contributed by atoms with Gasteiger partial charge >= 0.3 is 0 Å². The molecule has 0 fully saturated rings. The summed E-state index contributed by atoms with van der Waals surface area (Å²) in [5, 5.41) is 21.8. The van der Waals surface area contributed by atoms with Crippen LogP contribution in [0, 0.1) is 11.6 Å². The van der Waals surface area contributed by atoms with Crippen molar-refractivity contribution in [2.75, 3.05) is 4.90 Å². The molecule has 8 heteroatoms. The Hall–Kier alpha value is -3.52. The van der Waals surface area contributed by atoms with Crippen LogP contribution in [0.15, 0.2) is 71.3 Å². The van der Waals surface area contributed by atoms with Gasteiger partial charge in [0, 0.05) is 6.07 Å². The Balaban J connectivity index is 1.92. The molecule has 0 saturated heterocycles. The lowest BCUT2D eigenvalue weighted by Crippen LogP contribution is -2.31. The van der Waals surface area contributed by atoms with Gasteiger partial charge in [0.2, 0.25) is 5.78 Å². The number of halogens is 2. The summed E-state index contributed by atoms with van der Waals surface area (Å²) in [6, 6.07) is 10.1. The molecule has 1 aliphatic heterocycles. The fraction of sp³-hybridized carbons (Fsp3) is 0.0476. The second-order valence-electron chi connectivity index (χ2n) is 6.33. The number of nitrogens with zero attached hydrogens (tertiary/aromatic N) is 1. The zero-order valence-electron chi connectivity index (χ0n) is 14.7. The summed E-state index contributed by atoms with van der Waals surface area (Å²) >= 11 is 1.12. The first-order valence-corrected chi connectivity index (χ1v) is 9.35. The Morgan fingerprint density at radius 2 is 1.76 bits per heavy atom. The van der Waals surface area contributed by atoms with E-state index in [0.29, 0.717) is 5.56 Å². The number of phenolic OH excluding ortho intramolecular Hbond substituents is 1. The molecular weight excluding hydrogens is 400 g/mol. The minimum absolute atomic E-state index is 0.0547. The molecule has 1 atom stereocenters. The van der Waals surface area contributed by atoms with Crippen molar-refractivity contribution in [1.82, 2.24) is 0 Å². The molecule has 1 amide bonds. The van der Waals surface area contributed by atoms with Crippen molar-refractivity contribution >= 4 is 28.7 Å². The third-order valence-corrected chi connectivity index (χ3v) is 5.44. The number of rotatable bonds is 4. The average molecular weight is 413 g/mol. The van der Waals surface area contributed by atoms with E-state index < -0.39 is 40.8 Å². The van der Waals surface area contributed by atoms with Gasteiger partial charge in [-0.3, -0.25) is 14.5 Å². The quantitative estimate of drug-likeness (QED) is 0.617. The van der Waals surface area contributed by atoms with Crippen LogP contribution in [0.5, 0.6) is 5.75 Å². The molecule has 3 aromatic rings.